The Hall–Kier alpha value is -1.54. The fourth-order valence-corrected chi connectivity index (χ4v) is 5.42. The van der Waals surface area contributed by atoms with E-state index >= 15 is 0 Å². The minimum Gasteiger partial charge on any atom is -0.391 e. The number of phosphoric acid groups is 1. The van der Waals surface area contributed by atoms with Crippen molar-refractivity contribution in [1.29, 1.82) is 0 Å². The highest BCUT2D eigenvalue weighted by molar-refractivity contribution is 7.47. The number of aliphatic hydroxyl groups is 1. The molecule has 3 unspecified atom stereocenters. The van der Waals surface area contributed by atoms with E-state index in [2.05, 4.69) is 67.8 Å². The molecule has 268 valence electrons. The van der Waals surface area contributed by atoms with E-state index in [-0.39, 0.29) is 19.1 Å². The molecule has 3 N–H and O–H groups in total. The summed E-state index contributed by atoms with van der Waals surface area (Å²) >= 11 is 0. The summed E-state index contributed by atoms with van der Waals surface area (Å²) in [5.74, 6) is -0.169. The van der Waals surface area contributed by atoms with E-state index in [1.807, 2.05) is 21.1 Å². The number of likely N-dealkylation sites (N-methyl/N-ethyl adjacent to an activating group) is 1. The van der Waals surface area contributed by atoms with Crippen molar-refractivity contribution < 1.29 is 32.9 Å². The van der Waals surface area contributed by atoms with Gasteiger partial charge in [0.15, 0.2) is 0 Å². The Morgan fingerprint density at radius 3 is 1.87 bits per heavy atom. The average molecular weight is 670 g/mol. The van der Waals surface area contributed by atoms with Gasteiger partial charge in [0, 0.05) is 6.42 Å². The van der Waals surface area contributed by atoms with Gasteiger partial charge in [-0.25, -0.2) is 4.57 Å². The molecule has 0 saturated carbocycles. The molecule has 8 nitrogen and oxygen atoms in total. The topological polar surface area (TPSA) is 105 Å². The smallest absolute Gasteiger partial charge is 0.391 e. The molecule has 0 aromatic carbocycles. The third kappa shape index (κ3) is 31.1. The van der Waals surface area contributed by atoms with Gasteiger partial charge < -0.3 is 19.8 Å². The molecule has 0 spiro atoms. The van der Waals surface area contributed by atoms with Crippen LogP contribution in [-0.4, -0.2) is 73.4 Å². The van der Waals surface area contributed by atoms with Gasteiger partial charge in [-0.1, -0.05) is 120 Å². The highest BCUT2D eigenvalue weighted by Crippen LogP contribution is 2.43. The normalized spacial score (nSPS) is 15.4. The number of aliphatic hydroxyl groups excluding tert-OH is 1. The summed E-state index contributed by atoms with van der Waals surface area (Å²) in [4.78, 5) is 22.7. The standard InChI is InChI=1S/C37H69N2O6P/c1-6-8-10-11-12-13-14-15-16-17-18-19-20-21-22-23-24-25-26-27-29-31-37(41)38-35(36(40)30-28-9-7-2)34-45-46(42,43)44-33-32-39(3,4)5/h8,10,12-13,15-16,18-19,35-36,40H,6-7,9,11,14,17,20-34H2,1-5H3,(H-,38,41,42,43)/p+1/b10-8-,13-12-,16-15-,19-18-. The molecule has 0 rings (SSSR count). The second-order valence-corrected chi connectivity index (χ2v) is 14.7. The van der Waals surface area contributed by atoms with Crippen molar-refractivity contribution in [2.75, 3.05) is 40.9 Å². The van der Waals surface area contributed by atoms with Gasteiger partial charge in [-0.2, -0.15) is 0 Å². The maximum atomic E-state index is 12.6. The first kappa shape index (κ1) is 44.5. The first-order chi connectivity index (χ1) is 22.0. The number of hydrogen-bond acceptors (Lipinski definition) is 5. The van der Waals surface area contributed by atoms with Crippen LogP contribution in [0, 0.1) is 0 Å². The Morgan fingerprint density at radius 2 is 1.30 bits per heavy atom. The van der Waals surface area contributed by atoms with E-state index in [4.69, 9.17) is 9.05 Å². The quantitative estimate of drug-likeness (QED) is 0.0295. The molecule has 0 aromatic heterocycles. The summed E-state index contributed by atoms with van der Waals surface area (Å²) in [5.41, 5.74) is 0. The van der Waals surface area contributed by atoms with E-state index in [1.165, 1.54) is 32.1 Å². The molecule has 0 aliphatic rings. The van der Waals surface area contributed by atoms with Crippen LogP contribution in [0.1, 0.15) is 129 Å². The SMILES string of the molecule is CC/C=C\C/C=C\C/C=C\C/C=C\CCCCCCCCCCC(=O)NC(COP(=O)(O)OCC[N+](C)(C)C)C(O)CCCCC. The predicted molar refractivity (Wildman–Crippen MR) is 194 cm³/mol. The maximum absolute atomic E-state index is 12.6. The van der Waals surface area contributed by atoms with Crippen LogP contribution in [0.2, 0.25) is 0 Å². The zero-order chi connectivity index (χ0) is 34.4. The molecule has 46 heavy (non-hydrogen) atoms. The van der Waals surface area contributed by atoms with Crippen LogP contribution >= 0.6 is 7.82 Å². The number of nitrogens with zero attached hydrogens (tertiary/aromatic N) is 1. The van der Waals surface area contributed by atoms with Gasteiger partial charge in [-0.15, -0.1) is 0 Å². The lowest BCUT2D eigenvalue weighted by Crippen LogP contribution is -2.46. The lowest BCUT2D eigenvalue weighted by atomic mass is 10.0. The second kappa shape index (κ2) is 29.6. The van der Waals surface area contributed by atoms with Crippen LogP contribution in [0.15, 0.2) is 48.6 Å². The Kier molecular flexibility index (Phi) is 28.6. The monoisotopic (exact) mass is 669 g/mol. The average Bonchev–Trinajstić information content (AvgIpc) is 2.99. The van der Waals surface area contributed by atoms with E-state index in [0.29, 0.717) is 23.9 Å². The molecule has 0 saturated heterocycles. The number of nitrogens with one attached hydrogen (secondary N) is 1. The first-order valence-corrected chi connectivity index (χ1v) is 19.5. The lowest BCUT2D eigenvalue weighted by molar-refractivity contribution is -0.870. The van der Waals surface area contributed by atoms with Crippen molar-refractivity contribution in [1.82, 2.24) is 5.32 Å². The molecule has 0 fully saturated rings. The minimum atomic E-state index is -4.29. The van der Waals surface area contributed by atoms with E-state index in [1.54, 1.807) is 0 Å². The molecule has 9 heteroatoms. The van der Waals surface area contributed by atoms with Crippen LogP contribution in [0.4, 0.5) is 0 Å². The third-order valence-corrected chi connectivity index (χ3v) is 8.58. The Labute approximate surface area is 282 Å². The van der Waals surface area contributed by atoms with Crippen LogP contribution in [0.3, 0.4) is 0 Å². The summed E-state index contributed by atoms with van der Waals surface area (Å²) < 4.78 is 23.2. The number of quaternary nitrogens is 1. The van der Waals surface area contributed by atoms with Crippen LogP contribution < -0.4 is 5.32 Å². The number of phosphoric ester groups is 1. The largest absolute Gasteiger partial charge is 0.472 e. The lowest BCUT2D eigenvalue weighted by Gasteiger charge is -2.26. The number of hydrogen-bond donors (Lipinski definition) is 3. The summed E-state index contributed by atoms with van der Waals surface area (Å²) in [6, 6.07) is -0.761. The molecule has 0 heterocycles. The van der Waals surface area contributed by atoms with Crippen molar-refractivity contribution in [3.8, 4) is 0 Å². The van der Waals surface area contributed by atoms with E-state index < -0.39 is 20.0 Å². The van der Waals surface area contributed by atoms with Crippen molar-refractivity contribution in [3.63, 3.8) is 0 Å². The minimum absolute atomic E-state index is 0.0688. The number of allylic oxidation sites excluding steroid dienone is 8. The van der Waals surface area contributed by atoms with Crippen molar-refractivity contribution in [3.05, 3.63) is 48.6 Å². The van der Waals surface area contributed by atoms with Gasteiger partial charge in [0.25, 0.3) is 0 Å². The zero-order valence-electron chi connectivity index (χ0n) is 30.0. The number of carbonyl (C=O) groups is 1. The molecule has 3 atom stereocenters. The van der Waals surface area contributed by atoms with Gasteiger partial charge >= 0.3 is 7.82 Å². The third-order valence-electron chi connectivity index (χ3n) is 7.59. The molecule has 0 aromatic rings. The zero-order valence-corrected chi connectivity index (χ0v) is 30.9. The van der Waals surface area contributed by atoms with Gasteiger partial charge in [0.2, 0.25) is 5.91 Å². The van der Waals surface area contributed by atoms with Gasteiger partial charge in [0.05, 0.1) is 39.9 Å². The fourth-order valence-electron chi connectivity index (χ4n) is 4.68. The molecular formula is C37H70N2O6P+. The highest BCUT2D eigenvalue weighted by atomic mass is 31.2. The molecule has 0 radical (unpaired) electrons. The summed E-state index contributed by atoms with van der Waals surface area (Å²) in [7, 11) is 1.59. The van der Waals surface area contributed by atoms with Crippen molar-refractivity contribution >= 4 is 13.7 Å². The number of amides is 1. The highest BCUT2D eigenvalue weighted by Gasteiger charge is 2.28. The van der Waals surface area contributed by atoms with Gasteiger partial charge in [-0.3, -0.25) is 13.8 Å². The summed E-state index contributed by atoms with van der Waals surface area (Å²) in [6.45, 7) is 4.57. The van der Waals surface area contributed by atoms with E-state index in [9.17, 15) is 19.4 Å². The van der Waals surface area contributed by atoms with Crippen molar-refractivity contribution in [2.45, 2.75) is 142 Å². The second-order valence-electron chi connectivity index (χ2n) is 13.2. The molecule has 1 amide bonds. The Morgan fingerprint density at radius 1 is 0.761 bits per heavy atom. The molecule has 0 aliphatic carbocycles. The number of unbranched alkanes of at least 4 members (excludes halogenated alkanes) is 10. The van der Waals surface area contributed by atoms with Crippen LogP contribution in [-0.2, 0) is 18.4 Å². The summed E-state index contributed by atoms with van der Waals surface area (Å²) in [5, 5.41) is 13.5. The predicted octanol–water partition coefficient (Wildman–Crippen LogP) is 8.96. The summed E-state index contributed by atoms with van der Waals surface area (Å²) in [6.07, 6.45) is 35.0. The maximum Gasteiger partial charge on any atom is 0.472 e. The van der Waals surface area contributed by atoms with Crippen LogP contribution in [0.5, 0.6) is 0 Å². The first-order valence-electron chi connectivity index (χ1n) is 18.0. The van der Waals surface area contributed by atoms with Gasteiger partial charge in [-0.05, 0) is 51.4 Å². The van der Waals surface area contributed by atoms with E-state index in [0.717, 1.165) is 70.6 Å². The number of rotatable bonds is 31. The molecule has 0 aliphatic heterocycles. The van der Waals surface area contributed by atoms with Crippen LogP contribution in [0.25, 0.3) is 0 Å². The Balaban J connectivity index is 4.10. The fraction of sp³-hybridized carbons (Fsp3) is 0.757. The molecular weight excluding hydrogens is 599 g/mol. The molecule has 0 bridgehead atoms. The van der Waals surface area contributed by atoms with Gasteiger partial charge in [0.1, 0.15) is 13.2 Å². The van der Waals surface area contributed by atoms with Crippen molar-refractivity contribution in [2.24, 2.45) is 0 Å². The number of carbonyl (C=O) groups excluding carboxylic acids is 1. The Bertz CT molecular complexity index is 897.